The zero-order valence-electron chi connectivity index (χ0n) is 10.9. The first-order chi connectivity index (χ1) is 9.06. The fraction of sp³-hybridized carbons (Fsp3) is 0.357. The van der Waals surface area contributed by atoms with Crippen molar-refractivity contribution < 1.29 is 4.39 Å². The van der Waals surface area contributed by atoms with E-state index in [1.165, 1.54) is 6.07 Å². The largest absolute Gasteiger partial charge is 0.310 e. The van der Waals surface area contributed by atoms with Gasteiger partial charge in [-0.25, -0.2) is 9.37 Å². The standard InChI is InChI=1S/C14H16BrFN2S/c1-9(13-7-11(15)3-4-14(13)16)17-6-5-12-8-19-10(2)18-12/h3-4,7-9,17H,5-6H2,1-2H3. The molecule has 0 saturated carbocycles. The van der Waals surface area contributed by atoms with Crippen molar-refractivity contribution in [1.82, 2.24) is 10.3 Å². The minimum Gasteiger partial charge on any atom is -0.310 e. The number of aromatic nitrogens is 1. The first kappa shape index (κ1) is 14.6. The van der Waals surface area contributed by atoms with E-state index in [0.29, 0.717) is 5.56 Å². The molecule has 0 bridgehead atoms. The van der Waals surface area contributed by atoms with Crippen LogP contribution in [0.4, 0.5) is 4.39 Å². The van der Waals surface area contributed by atoms with Crippen molar-refractivity contribution in [3.05, 3.63) is 50.1 Å². The summed E-state index contributed by atoms with van der Waals surface area (Å²) in [6.45, 7) is 4.76. The van der Waals surface area contributed by atoms with Gasteiger partial charge >= 0.3 is 0 Å². The second-order valence-electron chi connectivity index (χ2n) is 4.45. The van der Waals surface area contributed by atoms with E-state index in [0.717, 1.165) is 28.1 Å². The Kier molecular flexibility index (Phi) is 5.07. The SMILES string of the molecule is Cc1nc(CCNC(C)c2cc(Br)ccc2F)cs1. The molecule has 19 heavy (non-hydrogen) atoms. The second-order valence-corrected chi connectivity index (χ2v) is 6.43. The van der Waals surface area contributed by atoms with Gasteiger partial charge in [0.05, 0.1) is 10.7 Å². The summed E-state index contributed by atoms with van der Waals surface area (Å²) in [5.41, 5.74) is 1.78. The van der Waals surface area contributed by atoms with E-state index in [2.05, 4.69) is 31.6 Å². The number of halogens is 2. The number of benzene rings is 1. The molecule has 0 aliphatic rings. The summed E-state index contributed by atoms with van der Waals surface area (Å²) in [4.78, 5) is 4.41. The van der Waals surface area contributed by atoms with Gasteiger partial charge in [0.25, 0.3) is 0 Å². The smallest absolute Gasteiger partial charge is 0.128 e. The summed E-state index contributed by atoms with van der Waals surface area (Å²) in [6, 6.07) is 5.00. The number of hydrogen-bond donors (Lipinski definition) is 1. The molecular weight excluding hydrogens is 327 g/mol. The van der Waals surface area contributed by atoms with Gasteiger partial charge in [0, 0.05) is 34.4 Å². The highest BCUT2D eigenvalue weighted by molar-refractivity contribution is 9.10. The van der Waals surface area contributed by atoms with E-state index in [1.807, 2.05) is 19.9 Å². The lowest BCUT2D eigenvalue weighted by atomic mass is 10.1. The van der Waals surface area contributed by atoms with Crippen LogP contribution < -0.4 is 5.32 Å². The summed E-state index contributed by atoms with van der Waals surface area (Å²) < 4.78 is 14.6. The highest BCUT2D eigenvalue weighted by atomic mass is 79.9. The highest BCUT2D eigenvalue weighted by Gasteiger charge is 2.11. The molecule has 1 N–H and O–H groups in total. The summed E-state index contributed by atoms with van der Waals surface area (Å²) in [6.07, 6.45) is 0.865. The Morgan fingerprint density at radius 2 is 2.26 bits per heavy atom. The number of hydrogen-bond acceptors (Lipinski definition) is 3. The third-order valence-corrected chi connectivity index (χ3v) is 4.24. The summed E-state index contributed by atoms with van der Waals surface area (Å²) >= 11 is 5.03. The van der Waals surface area contributed by atoms with Crippen molar-refractivity contribution in [2.24, 2.45) is 0 Å². The van der Waals surface area contributed by atoms with Crippen LogP contribution in [0.3, 0.4) is 0 Å². The third kappa shape index (κ3) is 4.09. The quantitative estimate of drug-likeness (QED) is 0.878. The summed E-state index contributed by atoms with van der Waals surface area (Å²) in [7, 11) is 0. The van der Waals surface area contributed by atoms with E-state index in [-0.39, 0.29) is 11.9 Å². The molecule has 0 fully saturated rings. The fourth-order valence-electron chi connectivity index (χ4n) is 1.90. The average Bonchev–Trinajstić information content (AvgIpc) is 2.78. The van der Waals surface area contributed by atoms with E-state index >= 15 is 0 Å². The van der Waals surface area contributed by atoms with Crippen molar-refractivity contribution in [2.75, 3.05) is 6.54 Å². The molecule has 102 valence electrons. The molecule has 0 radical (unpaired) electrons. The lowest BCUT2D eigenvalue weighted by molar-refractivity contribution is 0.529. The molecule has 2 nitrogen and oxygen atoms in total. The number of rotatable bonds is 5. The molecule has 0 aliphatic carbocycles. The van der Waals surface area contributed by atoms with Crippen molar-refractivity contribution in [1.29, 1.82) is 0 Å². The molecule has 5 heteroatoms. The lowest BCUT2D eigenvalue weighted by Crippen LogP contribution is -2.22. The van der Waals surface area contributed by atoms with Crippen LogP contribution in [0.5, 0.6) is 0 Å². The van der Waals surface area contributed by atoms with E-state index in [4.69, 9.17) is 0 Å². The van der Waals surface area contributed by atoms with Crippen molar-refractivity contribution in [3.63, 3.8) is 0 Å². The Labute approximate surface area is 125 Å². The fourth-order valence-corrected chi connectivity index (χ4v) is 2.92. The zero-order chi connectivity index (χ0) is 13.8. The maximum Gasteiger partial charge on any atom is 0.128 e. The molecule has 2 aromatic rings. The Balaban J connectivity index is 1.90. The summed E-state index contributed by atoms with van der Waals surface area (Å²) in [5, 5.41) is 6.48. The number of nitrogens with zero attached hydrogens (tertiary/aromatic N) is 1. The van der Waals surface area contributed by atoms with Crippen LogP contribution in [0.2, 0.25) is 0 Å². The monoisotopic (exact) mass is 342 g/mol. The molecule has 1 heterocycles. The summed E-state index contributed by atoms with van der Waals surface area (Å²) in [5.74, 6) is -0.173. The molecule has 0 amide bonds. The van der Waals surface area contributed by atoms with Gasteiger partial charge in [0.1, 0.15) is 5.82 Å². The molecule has 2 rings (SSSR count). The van der Waals surface area contributed by atoms with Crippen molar-refractivity contribution in [2.45, 2.75) is 26.3 Å². The van der Waals surface area contributed by atoms with Gasteiger partial charge in [0.2, 0.25) is 0 Å². The van der Waals surface area contributed by atoms with Crippen LogP contribution in [0.1, 0.15) is 29.2 Å². The van der Waals surface area contributed by atoms with Crippen molar-refractivity contribution >= 4 is 27.3 Å². The molecule has 1 aromatic heterocycles. The van der Waals surface area contributed by atoms with Crippen LogP contribution in [-0.4, -0.2) is 11.5 Å². The van der Waals surface area contributed by atoms with Crippen LogP contribution in [0.15, 0.2) is 28.1 Å². The molecular formula is C14H16BrFN2S. The van der Waals surface area contributed by atoms with Gasteiger partial charge in [0.15, 0.2) is 0 Å². The topological polar surface area (TPSA) is 24.9 Å². The normalized spacial score (nSPS) is 12.6. The first-order valence-corrected chi connectivity index (χ1v) is 7.83. The van der Waals surface area contributed by atoms with Crippen LogP contribution in [0, 0.1) is 12.7 Å². The molecule has 1 aromatic carbocycles. The number of thiazole rings is 1. The lowest BCUT2D eigenvalue weighted by Gasteiger charge is -2.15. The maximum atomic E-state index is 13.7. The maximum absolute atomic E-state index is 13.7. The molecule has 1 unspecified atom stereocenters. The van der Waals surface area contributed by atoms with Crippen molar-refractivity contribution in [3.8, 4) is 0 Å². The van der Waals surface area contributed by atoms with E-state index in [1.54, 1.807) is 17.4 Å². The minimum atomic E-state index is -0.173. The van der Waals surface area contributed by atoms with E-state index < -0.39 is 0 Å². The second kappa shape index (κ2) is 6.59. The predicted molar refractivity (Wildman–Crippen MR) is 81.1 cm³/mol. The minimum absolute atomic E-state index is 0.0165. The Morgan fingerprint density at radius 3 is 2.95 bits per heavy atom. The molecule has 0 saturated heterocycles. The Bertz CT molecular complexity index is 556. The van der Waals surface area contributed by atoms with Gasteiger partial charge in [-0.3, -0.25) is 0 Å². The number of nitrogens with one attached hydrogen (secondary N) is 1. The van der Waals surface area contributed by atoms with Crippen LogP contribution in [0.25, 0.3) is 0 Å². The average molecular weight is 343 g/mol. The Morgan fingerprint density at radius 1 is 1.47 bits per heavy atom. The number of aryl methyl sites for hydroxylation is 1. The molecule has 1 atom stereocenters. The first-order valence-electron chi connectivity index (χ1n) is 6.15. The van der Waals surface area contributed by atoms with Crippen LogP contribution >= 0.6 is 27.3 Å². The van der Waals surface area contributed by atoms with Crippen LogP contribution in [-0.2, 0) is 6.42 Å². The van der Waals surface area contributed by atoms with Gasteiger partial charge in [-0.1, -0.05) is 15.9 Å². The molecule has 0 spiro atoms. The van der Waals surface area contributed by atoms with Gasteiger partial charge in [-0.15, -0.1) is 11.3 Å². The molecule has 0 aliphatic heterocycles. The van der Waals surface area contributed by atoms with Gasteiger partial charge < -0.3 is 5.32 Å². The third-order valence-electron chi connectivity index (χ3n) is 2.92. The Hall–Kier alpha value is -0.780. The van der Waals surface area contributed by atoms with Gasteiger partial charge in [-0.05, 0) is 32.0 Å². The predicted octanol–water partition coefficient (Wildman–Crippen LogP) is 4.25. The zero-order valence-corrected chi connectivity index (χ0v) is 13.3. The van der Waals surface area contributed by atoms with E-state index in [9.17, 15) is 4.39 Å². The highest BCUT2D eigenvalue weighted by Crippen LogP contribution is 2.21. The van der Waals surface area contributed by atoms with Gasteiger partial charge in [-0.2, -0.15) is 0 Å².